The monoisotopic (exact) mass is 456 g/mol. The largest absolute Gasteiger partial charge is 0.322 e. The van der Waals surface area contributed by atoms with Crippen LogP contribution in [0.3, 0.4) is 0 Å². The number of aromatic nitrogens is 1. The first-order chi connectivity index (χ1) is 12.6. The SMILES string of the molecule is CCCc1ccc(-c2ccc(C(=O)Nc3ccc(I)cc3C)cc2)nc1. The lowest BCUT2D eigenvalue weighted by Crippen LogP contribution is -2.12. The van der Waals surface area contributed by atoms with Gasteiger partial charge < -0.3 is 5.32 Å². The molecule has 0 unspecified atom stereocenters. The molecule has 2 aromatic carbocycles. The maximum atomic E-state index is 12.5. The second-order valence-corrected chi connectivity index (χ2v) is 7.54. The lowest BCUT2D eigenvalue weighted by molar-refractivity contribution is 0.102. The number of nitrogens with one attached hydrogen (secondary N) is 1. The van der Waals surface area contributed by atoms with Crippen LogP contribution in [0.4, 0.5) is 5.69 Å². The van der Waals surface area contributed by atoms with E-state index in [2.05, 4.69) is 45.9 Å². The highest BCUT2D eigenvalue weighted by Gasteiger charge is 2.09. The van der Waals surface area contributed by atoms with E-state index in [0.29, 0.717) is 5.56 Å². The molecule has 0 spiro atoms. The zero-order valence-corrected chi connectivity index (χ0v) is 17.1. The summed E-state index contributed by atoms with van der Waals surface area (Å²) in [5, 5.41) is 2.98. The van der Waals surface area contributed by atoms with Crippen LogP contribution in [0.2, 0.25) is 0 Å². The predicted molar refractivity (Wildman–Crippen MR) is 116 cm³/mol. The summed E-state index contributed by atoms with van der Waals surface area (Å²) in [4.78, 5) is 17.0. The van der Waals surface area contributed by atoms with Crippen molar-refractivity contribution in [2.24, 2.45) is 0 Å². The number of amides is 1. The first-order valence-corrected chi connectivity index (χ1v) is 9.77. The van der Waals surface area contributed by atoms with Crippen LogP contribution in [0.15, 0.2) is 60.8 Å². The van der Waals surface area contributed by atoms with Crippen molar-refractivity contribution in [3.05, 3.63) is 81.1 Å². The number of pyridine rings is 1. The minimum atomic E-state index is -0.105. The summed E-state index contributed by atoms with van der Waals surface area (Å²) in [6, 6.07) is 17.7. The molecule has 0 saturated heterocycles. The van der Waals surface area contributed by atoms with Gasteiger partial charge in [0, 0.05) is 26.6 Å². The van der Waals surface area contributed by atoms with Crippen LogP contribution in [0.1, 0.15) is 34.8 Å². The van der Waals surface area contributed by atoms with Gasteiger partial charge in [0.15, 0.2) is 0 Å². The topological polar surface area (TPSA) is 42.0 Å². The number of hydrogen-bond donors (Lipinski definition) is 1. The number of hydrogen-bond acceptors (Lipinski definition) is 2. The van der Waals surface area contributed by atoms with Crippen LogP contribution in [0.5, 0.6) is 0 Å². The van der Waals surface area contributed by atoms with Crippen LogP contribution >= 0.6 is 22.6 Å². The molecule has 0 bridgehead atoms. The Bertz CT molecular complexity index is 902. The van der Waals surface area contributed by atoms with E-state index in [-0.39, 0.29) is 5.91 Å². The Morgan fingerprint density at radius 3 is 2.46 bits per heavy atom. The van der Waals surface area contributed by atoms with Crippen molar-refractivity contribution in [2.45, 2.75) is 26.7 Å². The van der Waals surface area contributed by atoms with E-state index < -0.39 is 0 Å². The van der Waals surface area contributed by atoms with Gasteiger partial charge in [0.25, 0.3) is 5.91 Å². The average Bonchev–Trinajstić information content (AvgIpc) is 2.65. The summed E-state index contributed by atoms with van der Waals surface area (Å²) in [6.07, 6.45) is 4.09. The van der Waals surface area contributed by atoms with Crippen LogP contribution < -0.4 is 5.32 Å². The Morgan fingerprint density at radius 2 is 1.85 bits per heavy atom. The van der Waals surface area contributed by atoms with Crippen molar-refractivity contribution in [1.82, 2.24) is 4.98 Å². The number of nitrogens with zero attached hydrogens (tertiary/aromatic N) is 1. The summed E-state index contributed by atoms with van der Waals surface area (Å²) < 4.78 is 1.15. The first kappa shape index (κ1) is 18.6. The van der Waals surface area contributed by atoms with E-state index in [4.69, 9.17) is 0 Å². The molecule has 0 aliphatic rings. The second kappa shape index (κ2) is 8.45. The molecule has 26 heavy (non-hydrogen) atoms. The number of halogens is 1. The van der Waals surface area contributed by atoms with Crippen LogP contribution in [-0.2, 0) is 6.42 Å². The van der Waals surface area contributed by atoms with Gasteiger partial charge in [-0.15, -0.1) is 0 Å². The fourth-order valence-corrected chi connectivity index (χ4v) is 3.43. The Kier molecular flexibility index (Phi) is 6.04. The molecule has 0 fully saturated rings. The van der Waals surface area contributed by atoms with Crippen LogP contribution in [0, 0.1) is 10.5 Å². The molecule has 0 aliphatic carbocycles. The molecule has 0 aliphatic heterocycles. The van der Waals surface area contributed by atoms with E-state index in [1.165, 1.54) is 5.56 Å². The van der Waals surface area contributed by atoms with Crippen molar-refractivity contribution in [3.63, 3.8) is 0 Å². The summed E-state index contributed by atoms with van der Waals surface area (Å²) in [6.45, 7) is 4.16. The summed E-state index contributed by atoms with van der Waals surface area (Å²) in [5.74, 6) is -0.105. The Morgan fingerprint density at radius 1 is 1.08 bits per heavy atom. The Labute approximate surface area is 168 Å². The fourth-order valence-electron chi connectivity index (χ4n) is 2.79. The molecule has 1 aromatic heterocycles. The standard InChI is InChI=1S/C22H21IN2O/c1-3-4-16-5-11-21(24-14-16)17-6-8-18(9-7-17)22(26)25-20-12-10-19(23)13-15(20)2/h5-14H,3-4H2,1-2H3,(H,25,26). The molecule has 1 amide bonds. The molecular formula is C22H21IN2O. The fraction of sp³-hybridized carbons (Fsp3) is 0.182. The molecule has 0 atom stereocenters. The van der Waals surface area contributed by atoms with Gasteiger partial charge in [-0.05, 0) is 83.5 Å². The third kappa shape index (κ3) is 4.49. The molecule has 0 saturated carbocycles. The molecule has 0 radical (unpaired) electrons. The van der Waals surface area contributed by atoms with Gasteiger partial charge in [-0.25, -0.2) is 0 Å². The van der Waals surface area contributed by atoms with E-state index in [1.54, 1.807) is 0 Å². The van der Waals surface area contributed by atoms with E-state index in [9.17, 15) is 4.79 Å². The van der Waals surface area contributed by atoms with Gasteiger partial charge in [-0.2, -0.15) is 0 Å². The van der Waals surface area contributed by atoms with Crippen LogP contribution in [0.25, 0.3) is 11.3 Å². The molecule has 3 nitrogen and oxygen atoms in total. The van der Waals surface area contributed by atoms with Crippen molar-refractivity contribution < 1.29 is 4.79 Å². The van der Waals surface area contributed by atoms with Gasteiger partial charge in [-0.3, -0.25) is 9.78 Å². The van der Waals surface area contributed by atoms with Crippen molar-refractivity contribution in [1.29, 1.82) is 0 Å². The highest BCUT2D eigenvalue weighted by molar-refractivity contribution is 14.1. The molecule has 1 heterocycles. The maximum absolute atomic E-state index is 12.5. The third-order valence-corrected chi connectivity index (χ3v) is 4.91. The van der Waals surface area contributed by atoms with E-state index in [1.807, 2.05) is 61.7 Å². The Hall–Kier alpha value is -2.21. The zero-order chi connectivity index (χ0) is 18.5. The number of anilines is 1. The normalized spacial score (nSPS) is 10.6. The van der Waals surface area contributed by atoms with Gasteiger partial charge in [0.2, 0.25) is 0 Å². The molecule has 132 valence electrons. The highest BCUT2D eigenvalue weighted by atomic mass is 127. The predicted octanol–water partition coefficient (Wildman–Crippen LogP) is 5.87. The second-order valence-electron chi connectivity index (χ2n) is 6.29. The molecule has 1 N–H and O–H groups in total. The summed E-state index contributed by atoms with van der Waals surface area (Å²) in [7, 11) is 0. The number of aryl methyl sites for hydroxylation is 2. The summed E-state index contributed by atoms with van der Waals surface area (Å²) >= 11 is 2.26. The van der Waals surface area contributed by atoms with E-state index in [0.717, 1.165) is 38.9 Å². The lowest BCUT2D eigenvalue weighted by Gasteiger charge is -2.09. The van der Waals surface area contributed by atoms with Gasteiger partial charge in [0.1, 0.15) is 0 Å². The van der Waals surface area contributed by atoms with Gasteiger partial charge in [0.05, 0.1) is 5.69 Å². The molecular weight excluding hydrogens is 435 g/mol. The van der Waals surface area contributed by atoms with Crippen LogP contribution in [-0.4, -0.2) is 10.9 Å². The minimum absolute atomic E-state index is 0.105. The van der Waals surface area contributed by atoms with Crippen molar-refractivity contribution in [3.8, 4) is 11.3 Å². The Balaban J connectivity index is 1.73. The molecule has 4 heteroatoms. The average molecular weight is 456 g/mol. The molecule has 3 aromatic rings. The first-order valence-electron chi connectivity index (χ1n) is 8.69. The van der Waals surface area contributed by atoms with Crippen molar-refractivity contribution in [2.75, 3.05) is 5.32 Å². The van der Waals surface area contributed by atoms with Gasteiger partial charge >= 0.3 is 0 Å². The molecule has 3 rings (SSSR count). The van der Waals surface area contributed by atoms with Crippen molar-refractivity contribution >= 4 is 34.2 Å². The minimum Gasteiger partial charge on any atom is -0.322 e. The maximum Gasteiger partial charge on any atom is 0.255 e. The third-order valence-electron chi connectivity index (χ3n) is 4.24. The number of carbonyl (C=O) groups is 1. The van der Waals surface area contributed by atoms with E-state index >= 15 is 0 Å². The smallest absolute Gasteiger partial charge is 0.255 e. The zero-order valence-electron chi connectivity index (χ0n) is 14.9. The lowest BCUT2D eigenvalue weighted by atomic mass is 10.1. The quantitative estimate of drug-likeness (QED) is 0.489. The van der Waals surface area contributed by atoms with Gasteiger partial charge in [-0.1, -0.05) is 31.5 Å². The number of carbonyl (C=O) groups excluding carboxylic acids is 1. The number of benzene rings is 2. The number of rotatable bonds is 5. The highest BCUT2D eigenvalue weighted by Crippen LogP contribution is 2.21. The summed E-state index contributed by atoms with van der Waals surface area (Å²) in [5.41, 5.74) is 5.71.